The van der Waals surface area contributed by atoms with Crippen LogP contribution in [0.1, 0.15) is 17.7 Å². The lowest BCUT2D eigenvalue weighted by molar-refractivity contribution is -0.141. The van der Waals surface area contributed by atoms with Gasteiger partial charge in [-0.15, -0.1) is 0 Å². The lowest BCUT2D eigenvalue weighted by Gasteiger charge is -2.35. The van der Waals surface area contributed by atoms with Gasteiger partial charge in [0.2, 0.25) is 17.7 Å². The quantitative estimate of drug-likeness (QED) is 0.443. The number of pyridine rings is 1. The molecule has 0 saturated carbocycles. The number of rotatable bonds is 10. The summed E-state index contributed by atoms with van der Waals surface area (Å²) in [6.07, 6.45) is -0.548. The standard InChI is InChI=1S/C26H29ClF3N5O3/c27-20-7-4-19(5-8-20)6-9-23(36)33-22(17-21-3-1-2-11-31-21)25(38)32-18-24(37)35-15-13-34(14-16-35)12-10-26(28,29)30/h1-9,11,22H,10,12-18H2,(H,32,38)(H,33,36)/t22-/m0/s1. The highest BCUT2D eigenvalue weighted by molar-refractivity contribution is 6.30. The first-order valence-corrected chi connectivity index (χ1v) is 12.5. The summed E-state index contributed by atoms with van der Waals surface area (Å²) >= 11 is 5.87. The number of halogens is 4. The van der Waals surface area contributed by atoms with Crippen molar-refractivity contribution in [2.24, 2.45) is 0 Å². The molecule has 8 nitrogen and oxygen atoms in total. The number of hydrogen-bond donors (Lipinski definition) is 2. The Morgan fingerprint density at radius 2 is 1.76 bits per heavy atom. The van der Waals surface area contributed by atoms with E-state index in [1.165, 1.54) is 11.0 Å². The van der Waals surface area contributed by atoms with Gasteiger partial charge in [0, 0.05) is 62.1 Å². The van der Waals surface area contributed by atoms with Crippen LogP contribution >= 0.6 is 11.6 Å². The molecule has 0 bridgehead atoms. The van der Waals surface area contributed by atoms with Gasteiger partial charge in [-0.3, -0.25) is 24.3 Å². The number of carbonyl (C=O) groups excluding carboxylic acids is 3. The number of hydrogen-bond acceptors (Lipinski definition) is 5. The molecule has 1 saturated heterocycles. The van der Waals surface area contributed by atoms with Crippen molar-refractivity contribution in [3.05, 3.63) is 71.0 Å². The maximum absolute atomic E-state index is 12.9. The molecule has 2 aromatic rings. The molecule has 0 spiro atoms. The average molecular weight is 552 g/mol. The third kappa shape index (κ3) is 10.1. The summed E-state index contributed by atoms with van der Waals surface area (Å²) in [7, 11) is 0. The molecule has 1 aliphatic rings. The number of alkyl halides is 3. The van der Waals surface area contributed by atoms with Crippen LogP contribution in [0, 0.1) is 0 Å². The second-order valence-electron chi connectivity index (χ2n) is 8.78. The van der Waals surface area contributed by atoms with E-state index >= 15 is 0 Å². The Morgan fingerprint density at radius 3 is 2.39 bits per heavy atom. The minimum Gasteiger partial charge on any atom is -0.345 e. The average Bonchev–Trinajstić information content (AvgIpc) is 2.90. The third-order valence-corrected chi connectivity index (χ3v) is 6.17. The van der Waals surface area contributed by atoms with Gasteiger partial charge in [0.15, 0.2) is 0 Å². The normalized spacial score (nSPS) is 15.3. The van der Waals surface area contributed by atoms with Crippen LogP contribution < -0.4 is 10.6 Å². The first-order valence-electron chi connectivity index (χ1n) is 12.1. The first kappa shape index (κ1) is 29.1. The molecule has 2 N–H and O–H groups in total. The molecule has 2 heterocycles. The molecule has 1 aliphatic heterocycles. The molecule has 3 rings (SSSR count). The summed E-state index contributed by atoms with van der Waals surface area (Å²) < 4.78 is 37.3. The van der Waals surface area contributed by atoms with Gasteiger partial charge in [-0.1, -0.05) is 29.8 Å². The molecule has 12 heteroatoms. The van der Waals surface area contributed by atoms with E-state index in [2.05, 4.69) is 15.6 Å². The van der Waals surface area contributed by atoms with E-state index < -0.39 is 30.5 Å². The summed E-state index contributed by atoms with van der Waals surface area (Å²) in [5, 5.41) is 5.79. The molecular weight excluding hydrogens is 523 g/mol. The summed E-state index contributed by atoms with van der Waals surface area (Å²) in [5.41, 5.74) is 1.33. The van der Waals surface area contributed by atoms with E-state index in [0.717, 1.165) is 5.56 Å². The van der Waals surface area contributed by atoms with E-state index in [9.17, 15) is 27.6 Å². The van der Waals surface area contributed by atoms with Crippen LogP contribution in [0.15, 0.2) is 54.7 Å². The first-order chi connectivity index (χ1) is 18.1. The minimum atomic E-state index is -4.22. The molecule has 38 heavy (non-hydrogen) atoms. The monoisotopic (exact) mass is 551 g/mol. The molecule has 0 radical (unpaired) electrons. The number of aromatic nitrogens is 1. The van der Waals surface area contributed by atoms with Crippen molar-refractivity contribution in [2.45, 2.75) is 25.1 Å². The summed E-state index contributed by atoms with van der Waals surface area (Å²) in [6, 6.07) is 11.1. The Bertz CT molecular complexity index is 1110. The Labute approximate surface area is 223 Å². The number of nitrogens with zero attached hydrogens (tertiary/aromatic N) is 3. The molecule has 0 aliphatic carbocycles. The number of nitrogens with one attached hydrogen (secondary N) is 2. The second kappa shape index (κ2) is 13.9. The predicted octanol–water partition coefficient (Wildman–Crippen LogP) is 2.69. The number of carbonyl (C=O) groups is 3. The van der Waals surface area contributed by atoms with Crippen molar-refractivity contribution in [3.63, 3.8) is 0 Å². The highest BCUT2D eigenvalue weighted by atomic mass is 35.5. The largest absolute Gasteiger partial charge is 0.390 e. The van der Waals surface area contributed by atoms with Crippen LogP contribution in [0.4, 0.5) is 13.2 Å². The van der Waals surface area contributed by atoms with Crippen LogP contribution in [0.25, 0.3) is 6.08 Å². The molecule has 3 amide bonds. The van der Waals surface area contributed by atoms with Gasteiger partial charge >= 0.3 is 6.18 Å². The zero-order valence-electron chi connectivity index (χ0n) is 20.6. The number of amides is 3. The van der Waals surface area contributed by atoms with Crippen LogP contribution in [0.3, 0.4) is 0 Å². The highest BCUT2D eigenvalue weighted by Gasteiger charge is 2.29. The summed E-state index contributed by atoms with van der Waals surface area (Å²) in [5.74, 6) is -1.40. The van der Waals surface area contributed by atoms with Crippen LogP contribution in [0.2, 0.25) is 5.02 Å². The zero-order valence-corrected chi connectivity index (χ0v) is 21.3. The second-order valence-corrected chi connectivity index (χ2v) is 9.21. The van der Waals surface area contributed by atoms with Crippen molar-refractivity contribution < 1.29 is 27.6 Å². The summed E-state index contributed by atoms with van der Waals surface area (Å²) in [6.45, 7) is 0.800. The van der Waals surface area contributed by atoms with Gasteiger partial charge in [-0.2, -0.15) is 13.2 Å². The van der Waals surface area contributed by atoms with Crippen LogP contribution in [-0.4, -0.2) is 84.0 Å². The van der Waals surface area contributed by atoms with E-state index in [4.69, 9.17) is 11.6 Å². The lowest BCUT2D eigenvalue weighted by atomic mass is 10.1. The molecule has 0 unspecified atom stereocenters. The van der Waals surface area contributed by atoms with Gasteiger partial charge in [0.1, 0.15) is 6.04 Å². The fraction of sp³-hybridized carbons (Fsp3) is 0.385. The van der Waals surface area contributed by atoms with Gasteiger partial charge in [0.05, 0.1) is 13.0 Å². The maximum Gasteiger partial charge on any atom is 0.390 e. The molecule has 1 aromatic carbocycles. The van der Waals surface area contributed by atoms with E-state index in [1.807, 2.05) is 0 Å². The molecule has 1 fully saturated rings. The van der Waals surface area contributed by atoms with Crippen LogP contribution in [-0.2, 0) is 20.8 Å². The van der Waals surface area contributed by atoms with Crippen molar-refractivity contribution in [3.8, 4) is 0 Å². The predicted molar refractivity (Wildman–Crippen MR) is 137 cm³/mol. The molecule has 204 valence electrons. The van der Waals surface area contributed by atoms with Crippen molar-refractivity contribution in [1.82, 2.24) is 25.4 Å². The minimum absolute atomic E-state index is 0.108. The van der Waals surface area contributed by atoms with E-state index in [1.54, 1.807) is 59.6 Å². The number of piperazine rings is 1. The SMILES string of the molecule is O=C(C=Cc1ccc(Cl)cc1)N[C@@H](Cc1ccccn1)C(=O)NCC(=O)N1CCN(CCC(F)(F)F)CC1. The van der Waals surface area contributed by atoms with E-state index in [0.29, 0.717) is 23.8 Å². The fourth-order valence-corrected chi connectivity index (χ4v) is 3.93. The Hall–Kier alpha value is -3.44. The maximum atomic E-state index is 12.9. The van der Waals surface area contributed by atoms with Gasteiger partial charge in [0.25, 0.3) is 0 Å². The van der Waals surface area contributed by atoms with Crippen molar-refractivity contribution in [2.75, 3.05) is 39.3 Å². The number of benzene rings is 1. The van der Waals surface area contributed by atoms with Gasteiger partial charge in [-0.25, -0.2) is 0 Å². The zero-order chi connectivity index (χ0) is 27.5. The Kier molecular flexibility index (Phi) is 10.7. The highest BCUT2D eigenvalue weighted by Crippen LogP contribution is 2.20. The lowest BCUT2D eigenvalue weighted by Crippen LogP contribution is -2.53. The third-order valence-electron chi connectivity index (χ3n) is 5.92. The molecular formula is C26H29ClF3N5O3. The Balaban J connectivity index is 1.53. The summed E-state index contributed by atoms with van der Waals surface area (Å²) in [4.78, 5) is 45.5. The fourth-order valence-electron chi connectivity index (χ4n) is 3.81. The van der Waals surface area contributed by atoms with Crippen molar-refractivity contribution >= 4 is 35.4 Å². The van der Waals surface area contributed by atoms with Gasteiger partial charge in [-0.05, 0) is 35.9 Å². The molecule has 1 atom stereocenters. The van der Waals surface area contributed by atoms with Crippen molar-refractivity contribution in [1.29, 1.82) is 0 Å². The molecule has 1 aromatic heterocycles. The van der Waals surface area contributed by atoms with E-state index in [-0.39, 0.29) is 38.5 Å². The van der Waals surface area contributed by atoms with Crippen LogP contribution in [0.5, 0.6) is 0 Å². The smallest absolute Gasteiger partial charge is 0.345 e. The Morgan fingerprint density at radius 1 is 1.05 bits per heavy atom. The topological polar surface area (TPSA) is 94.6 Å². The van der Waals surface area contributed by atoms with Gasteiger partial charge < -0.3 is 15.5 Å².